The first-order valence-corrected chi connectivity index (χ1v) is 8.14. The number of amides is 2. The molecule has 0 spiro atoms. The van der Waals surface area contributed by atoms with Crippen LogP contribution in [0.4, 0.5) is 13.6 Å². The van der Waals surface area contributed by atoms with Crippen LogP contribution in [-0.4, -0.2) is 48.3 Å². The van der Waals surface area contributed by atoms with Gasteiger partial charge in [0.1, 0.15) is 17.2 Å². The zero-order valence-electron chi connectivity index (χ0n) is 14.7. The third-order valence-corrected chi connectivity index (χ3v) is 4.10. The van der Waals surface area contributed by atoms with E-state index < -0.39 is 23.3 Å². The van der Waals surface area contributed by atoms with Gasteiger partial charge < -0.3 is 15.7 Å². The van der Waals surface area contributed by atoms with Gasteiger partial charge in [0.15, 0.2) is 0 Å². The first-order chi connectivity index (χ1) is 11.2. The Hall–Kier alpha value is -1.73. The van der Waals surface area contributed by atoms with Crippen LogP contribution in [0.2, 0.25) is 0 Å². The highest BCUT2D eigenvalue weighted by Gasteiger charge is 2.27. The van der Waals surface area contributed by atoms with Crippen LogP contribution in [0.5, 0.6) is 0 Å². The van der Waals surface area contributed by atoms with Crippen LogP contribution >= 0.6 is 0 Å². The zero-order valence-corrected chi connectivity index (χ0v) is 14.7. The van der Waals surface area contributed by atoms with E-state index in [0.717, 1.165) is 19.2 Å². The number of rotatable bonds is 8. The van der Waals surface area contributed by atoms with Crippen molar-refractivity contribution in [3.05, 3.63) is 35.4 Å². The second kappa shape index (κ2) is 8.94. The van der Waals surface area contributed by atoms with Gasteiger partial charge in [0, 0.05) is 24.2 Å². The maximum absolute atomic E-state index is 13.8. The number of nitrogens with zero attached hydrogens (tertiary/aromatic N) is 1. The van der Waals surface area contributed by atoms with Gasteiger partial charge in [0.25, 0.3) is 0 Å². The molecule has 5 nitrogen and oxygen atoms in total. The lowest BCUT2D eigenvalue weighted by atomic mass is 9.95. The van der Waals surface area contributed by atoms with Crippen molar-refractivity contribution in [1.82, 2.24) is 15.5 Å². The highest BCUT2D eigenvalue weighted by Crippen LogP contribution is 2.23. The van der Waals surface area contributed by atoms with Crippen LogP contribution in [0.25, 0.3) is 0 Å². The van der Waals surface area contributed by atoms with Crippen molar-refractivity contribution in [1.29, 1.82) is 0 Å². The molecule has 24 heavy (non-hydrogen) atoms. The van der Waals surface area contributed by atoms with E-state index in [0.29, 0.717) is 12.6 Å². The maximum Gasteiger partial charge on any atom is 0.314 e. The summed E-state index contributed by atoms with van der Waals surface area (Å²) in [6.45, 7) is 9.52. The number of carbonyl (C=O) groups excluding carboxylic acids is 1. The molecule has 0 aliphatic heterocycles. The molecule has 1 rings (SSSR count). The molecular formula is C17H27F2N3O2. The predicted molar refractivity (Wildman–Crippen MR) is 89.7 cm³/mol. The maximum atomic E-state index is 13.8. The molecule has 0 saturated heterocycles. The monoisotopic (exact) mass is 343 g/mol. The second-order valence-electron chi connectivity index (χ2n) is 6.03. The summed E-state index contributed by atoms with van der Waals surface area (Å²) < 4.78 is 26.7. The fourth-order valence-electron chi connectivity index (χ4n) is 2.55. The molecule has 1 aromatic rings. The minimum atomic E-state index is -1.64. The molecule has 2 atom stereocenters. The fraction of sp³-hybridized carbons (Fsp3) is 0.588. The summed E-state index contributed by atoms with van der Waals surface area (Å²) in [5.41, 5.74) is -1.71. The fourth-order valence-corrected chi connectivity index (χ4v) is 2.55. The summed E-state index contributed by atoms with van der Waals surface area (Å²) in [6.07, 6.45) is 0. The summed E-state index contributed by atoms with van der Waals surface area (Å²) in [5.74, 6) is -1.57. The van der Waals surface area contributed by atoms with Crippen LogP contribution in [0.1, 0.15) is 33.3 Å². The summed E-state index contributed by atoms with van der Waals surface area (Å²) >= 11 is 0. The first-order valence-electron chi connectivity index (χ1n) is 8.14. The number of aliphatic hydroxyl groups is 1. The topological polar surface area (TPSA) is 64.6 Å². The smallest absolute Gasteiger partial charge is 0.314 e. The van der Waals surface area contributed by atoms with Crippen LogP contribution in [-0.2, 0) is 5.60 Å². The van der Waals surface area contributed by atoms with Gasteiger partial charge in [0.05, 0.1) is 6.54 Å². The number of halogens is 2. The lowest BCUT2D eigenvalue weighted by molar-refractivity contribution is 0.0554. The SMILES string of the molecule is CCN(CC)C(C)CNC(=O)NCC(C)(O)c1ccc(F)cc1F. The Morgan fingerprint density at radius 3 is 2.46 bits per heavy atom. The van der Waals surface area contributed by atoms with Crippen LogP contribution in [0, 0.1) is 11.6 Å². The average molecular weight is 343 g/mol. The van der Waals surface area contributed by atoms with Gasteiger partial charge in [-0.25, -0.2) is 13.6 Å². The number of benzene rings is 1. The highest BCUT2D eigenvalue weighted by molar-refractivity contribution is 5.73. The van der Waals surface area contributed by atoms with Gasteiger partial charge in [-0.15, -0.1) is 0 Å². The van der Waals surface area contributed by atoms with Gasteiger partial charge in [-0.05, 0) is 33.0 Å². The lowest BCUT2D eigenvalue weighted by Crippen LogP contribution is -2.48. The van der Waals surface area contributed by atoms with E-state index >= 15 is 0 Å². The Labute approximate surface area is 142 Å². The van der Waals surface area contributed by atoms with Crippen molar-refractivity contribution >= 4 is 6.03 Å². The van der Waals surface area contributed by atoms with Crippen LogP contribution < -0.4 is 10.6 Å². The molecule has 2 amide bonds. The zero-order chi connectivity index (χ0) is 18.3. The van der Waals surface area contributed by atoms with Crippen LogP contribution in [0.3, 0.4) is 0 Å². The molecule has 3 N–H and O–H groups in total. The van der Waals surface area contributed by atoms with E-state index in [9.17, 15) is 18.7 Å². The minimum absolute atomic E-state index is 0.0688. The number of urea groups is 1. The number of hydrogen-bond acceptors (Lipinski definition) is 3. The molecule has 0 heterocycles. The average Bonchev–Trinajstić information content (AvgIpc) is 2.51. The Bertz CT molecular complexity index is 549. The third-order valence-electron chi connectivity index (χ3n) is 4.10. The quantitative estimate of drug-likeness (QED) is 0.678. The molecule has 2 unspecified atom stereocenters. The molecule has 0 saturated carbocycles. The molecule has 7 heteroatoms. The number of carbonyl (C=O) groups is 1. The largest absolute Gasteiger partial charge is 0.383 e. The van der Waals surface area contributed by atoms with E-state index in [-0.39, 0.29) is 18.2 Å². The number of likely N-dealkylation sites (N-methyl/N-ethyl adjacent to an activating group) is 1. The highest BCUT2D eigenvalue weighted by atomic mass is 19.1. The van der Waals surface area contributed by atoms with E-state index in [2.05, 4.69) is 29.4 Å². The summed E-state index contributed by atoms with van der Waals surface area (Å²) in [7, 11) is 0. The number of hydrogen-bond donors (Lipinski definition) is 3. The third kappa shape index (κ3) is 5.72. The van der Waals surface area contributed by atoms with Crippen LogP contribution in [0.15, 0.2) is 18.2 Å². The molecule has 0 aliphatic rings. The predicted octanol–water partition coefficient (Wildman–Crippen LogP) is 2.20. The van der Waals surface area contributed by atoms with Crippen molar-refractivity contribution < 1.29 is 18.7 Å². The van der Waals surface area contributed by atoms with Crippen molar-refractivity contribution in [3.8, 4) is 0 Å². The molecule has 0 aliphatic carbocycles. The van der Waals surface area contributed by atoms with E-state index in [1.165, 1.54) is 13.0 Å². The van der Waals surface area contributed by atoms with E-state index in [4.69, 9.17) is 0 Å². The molecule has 1 aromatic carbocycles. The summed E-state index contributed by atoms with van der Waals surface area (Å²) in [4.78, 5) is 14.1. The van der Waals surface area contributed by atoms with Gasteiger partial charge >= 0.3 is 6.03 Å². The summed E-state index contributed by atoms with van der Waals surface area (Å²) in [5, 5.41) is 15.6. The van der Waals surface area contributed by atoms with Crippen molar-refractivity contribution in [2.75, 3.05) is 26.2 Å². The minimum Gasteiger partial charge on any atom is -0.383 e. The van der Waals surface area contributed by atoms with Gasteiger partial charge in [-0.1, -0.05) is 19.9 Å². The molecule has 0 radical (unpaired) electrons. The molecule has 0 bridgehead atoms. The summed E-state index contributed by atoms with van der Waals surface area (Å²) in [6, 6.07) is 2.68. The number of nitrogens with one attached hydrogen (secondary N) is 2. The molecule has 0 fully saturated rings. The van der Waals surface area contributed by atoms with Gasteiger partial charge in [-0.3, -0.25) is 4.90 Å². The molecule has 136 valence electrons. The van der Waals surface area contributed by atoms with Crippen molar-refractivity contribution in [2.45, 2.75) is 39.3 Å². The second-order valence-corrected chi connectivity index (χ2v) is 6.03. The van der Waals surface area contributed by atoms with Crippen molar-refractivity contribution in [3.63, 3.8) is 0 Å². The molecule has 0 aromatic heterocycles. The van der Waals surface area contributed by atoms with E-state index in [1.54, 1.807) is 0 Å². The lowest BCUT2D eigenvalue weighted by Gasteiger charge is -2.27. The Balaban J connectivity index is 2.53. The molecular weight excluding hydrogens is 316 g/mol. The van der Waals surface area contributed by atoms with Gasteiger partial charge in [-0.2, -0.15) is 0 Å². The van der Waals surface area contributed by atoms with E-state index in [1.807, 2.05) is 6.92 Å². The Kier molecular flexibility index (Phi) is 7.57. The Morgan fingerprint density at radius 1 is 1.29 bits per heavy atom. The standard InChI is InChI=1S/C17H27F2N3O2/c1-5-22(6-2)12(3)10-20-16(23)21-11-17(4,24)14-8-7-13(18)9-15(14)19/h7-9,12,24H,5-6,10-11H2,1-4H3,(H2,20,21,23). The van der Waals surface area contributed by atoms with Gasteiger partial charge in [0.2, 0.25) is 0 Å². The first kappa shape index (κ1) is 20.3. The normalized spacial score (nSPS) is 15.0. The Morgan fingerprint density at radius 2 is 1.92 bits per heavy atom. The van der Waals surface area contributed by atoms with Crippen molar-refractivity contribution in [2.24, 2.45) is 0 Å².